The second kappa shape index (κ2) is 10.7. The Morgan fingerprint density at radius 1 is 1.17 bits per heavy atom. The number of aryl methyl sites for hydroxylation is 1. The van der Waals surface area contributed by atoms with Gasteiger partial charge in [-0.05, 0) is 48.4 Å². The van der Waals surface area contributed by atoms with Gasteiger partial charge in [-0.1, -0.05) is 46.3 Å². The summed E-state index contributed by atoms with van der Waals surface area (Å²) in [6, 6.07) is 21.3. The molecule has 7 heteroatoms. The van der Waals surface area contributed by atoms with Gasteiger partial charge in [0.05, 0.1) is 17.8 Å². The smallest absolute Gasteiger partial charge is 0.265 e. The Bertz CT molecular complexity index is 1090. The van der Waals surface area contributed by atoms with Gasteiger partial charge in [0.25, 0.3) is 5.91 Å². The highest BCUT2D eigenvalue weighted by atomic mass is 79.9. The van der Waals surface area contributed by atoms with Gasteiger partial charge in [-0.3, -0.25) is 4.79 Å². The molecule has 0 aliphatic carbocycles. The van der Waals surface area contributed by atoms with Gasteiger partial charge < -0.3 is 15.1 Å². The van der Waals surface area contributed by atoms with Crippen molar-refractivity contribution in [2.45, 2.75) is 19.2 Å². The van der Waals surface area contributed by atoms with Gasteiger partial charge in [0, 0.05) is 15.9 Å². The molecule has 0 aliphatic heterocycles. The van der Waals surface area contributed by atoms with E-state index >= 15 is 0 Å². The van der Waals surface area contributed by atoms with Crippen LogP contribution < -0.4 is 10.6 Å². The summed E-state index contributed by atoms with van der Waals surface area (Å²) in [6.07, 6.45) is 1.54. The number of anilines is 1. The third kappa shape index (κ3) is 6.02. The summed E-state index contributed by atoms with van der Waals surface area (Å²) in [5, 5.41) is 16.3. The van der Waals surface area contributed by atoms with E-state index in [4.69, 9.17) is 4.42 Å². The second-order valence-electron chi connectivity index (χ2n) is 6.44. The van der Waals surface area contributed by atoms with Crippen LogP contribution in [0.3, 0.4) is 0 Å². The van der Waals surface area contributed by atoms with Crippen LogP contribution in [0, 0.1) is 18.3 Å². The minimum Gasteiger partial charge on any atom is -0.467 e. The third-order valence-corrected chi connectivity index (χ3v) is 5.80. The summed E-state index contributed by atoms with van der Waals surface area (Å²) in [5.41, 5.74) is 2.98. The van der Waals surface area contributed by atoms with Crippen LogP contribution in [0.5, 0.6) is 0 Å². The van der Waals surface area contributed by atoms with Gasteiger partial charge in [0.2, 0.25) is 0 Å². The van der Waals surface area contributed by atoms with Gasteiger partial charge in [-0.25, -0.2) is 0 Å². The van der Waals surface area contributed by atoms with Crippen LogP contribution in [0.2, 0.25) is 0 Å². The summed E-state index contributed by atoms with van der Waals surface area (Å²) in [5.74, 6) is 0.771. The van der Waals surface area contributed by atoms with Crippen molar-refractivity contribution in [3.05, 3.63) is 98.9 Å². The first-order chi connectivity index (χ1) is 14.6. The molecule has 30 heavy (non-hydrogen) atoms. The van der Waals surface area contributed by atoms with E-state index in [1.54, 1.807) is 18.4 Å². The molecule has 152 valence electrons. The number of rotatable bonds is 8. The van der Waals surface area contributed by atoms with E-state index in [2.05, 4.69) is 32.6 Å². The lowest BCUT2D eigenvalue weighted by Crippen LogP contribution is -2.25. The predicted molar refractivity (Wildman–Crippen MR) is 123 cm³/mol. The number of furan rings is 1. The molecular weight excluding hydrogens is 462 g/mol. The van der Waals surface area contributed by atoms with E-state index < -0.39 is 5.91 Å². The fraction of sp³-hybridized carbons (Fsp3) is 0.130. The first kappa shape index (κ1) is 21.8. The monoisotopic (exact) mass is 481 g/mol. The normalized spacial score (nSPS) is 11.4. The SMILES string of the molecule is Cc1ccccc1N/C(SCc1cccc(Br)c1)=C(/C#N)C(=O)NCc1ccco1. The van der Waals surface area contributed by atoms with Crippen LogP contribution in [0.4, 0.5) is 5.69 Å². The average Bonchev–Trinajstić information content (AvgIpc) is 3.26. The van der Waals surface area contributed by atoms with Crippen LogP contribution in [-0.2, 0) is 17.1 Å². The molecule has 1 heterocycles. The summed E-state index contributed by atoms with van der Waals surface area (Å²) in [4.78, 5) is 12.8. The number of amides is 1. The fourth-order valence-electron chi connectivity index (χ4n) is 2.66. The minimum atomic E-state index is -0.452. The molecule has 0 spiro atoms. The maximum absolute atomic E-state index is 12.8. The number of carbonyl (C=O) groups is 1. The van der Waals surface area contributed by atoms with Crippen molar-refractivity contribution < 1.29 is 9.21 Å². The molecule has 0 atom stereocenters. The molecule has 0 saturated heterocycles. The largest absolute Gasteiger partial charge is 0.467 e. The summed E-state index contributed by atoms with van der Waals surface area (Å²) >= 11 is 4.89. The number of nitrogens with one attached hydrogen (secondary N) is 2. The highest BCUT2D eigenvalue weighted by Crippen LogP contribution is 2.28. The highest BCUT2D eigenvalue weighted by Gasteiger charge is 2.17. The molecule has 0 unspecified atom stereocenters. The number of nitrogens with zero attached hydrogens (tertiary/aromatic N) is 1. The van der Waals surface area contributed by atoms with E-state index in [1.165, 1.54) is 11.8 Å². The predicted octanol–water partition coefficient (Wildman–Crippen LogP) is 5.75. The molecule has 0 bridgehead atoms. The van der Waals surface area contributed by atoms with E-state index in [-0.39, 0.29) is 12.1 Å². The molecule has 0 fully saturated rings. The van der Waals surface area contributed by atoms with Crippen molar-refractivity contribution in [1.82, 2.24) is 5.32 Å². The molecule has 1 amide bonds. The molecule has 0 radical (unpaired) electrons. The number of carbonyl (C=O) groups excluding carboxylic acids is 1. The zero-order valence-corrected chi connectivity index (χ0v) is 18.7. The minimum absolute atomic E-state index is 0.0322. The van der Waals surface area contributed by atoms with Gasteiger partial charge >= 0.3 is 0 Å². The van der Waals surface area contributed by atoms with Crippen LogP contribution >= 0.6 is 27.7 Å². The standard InChI is InChI=1S/C23H20BrN3O2S/c1-16-6-2-3-10-21(16)27-23(30-15-17-7-4-8-18(24)12-17)20(13-25)22(28)26-14-19-9-5-11-29-19/h2-12,27H,14-15H2,1H3,(H,26,28)/b23-20+. The Kier molecular flexibility index (Phi) is 7.77. The van der Waals surface area contributed by atoms with E-state index in [0.29, 0.717) is 16.5 Å². The molecule has 3 aromatic rings. The number of halogens is 1. The van der Waals surface area contributed by atoms with Crippen molar-refractivity contribution in [3.63, 3.8) is 0 Å². The van der Waals surface area contributed by atoms with Gasteiger partial charge in [-0.2, -0.15) is 5.26 Å². The fourth-order valence-corrected chi connectivity index (χ4v) is 4.06. The summed E-state index contributed by atoms with van der Waals surface area (Å²) in [7, 11) is 0. The molecule has 0 saturated carbocycles. The maximum atomic E-state index is 12.8. The van der Waals surface area contributed by atoms with E-state index in [1.807, 2.05) is 55.5 Å². The van der Waals surface area contributed by atoms with Crippen molar-refractivity contribution >= 4 is 39.3 Å². The first-order valence-electron chi connectivity index (χ1n) is 9.21. The van der Waals surface area contributed by atoms with Crippen molar-refractivity contribution in [3.8, 4) is 6.07 Å². The van der Waals surface area contributed by atoms with Crippen LogP contribution in [-0.4, -0.2) is 5.91 Å². The zero-order valence-electron chi connectivity index (χ0n) is 16.3. The lowest BCUT2D eigenvalue weighted by atomic mass is 10.2. The van der Waals surface area contributed by atoms with Crippen LogP contribution in [0.25, 0.3) is 0 Å². The van der Waals surface area contributed by atoms with Gasteiger partial charge in [0.15, 0.2) is 0 Å². The first-order valence-corrected chi connectivity index (χ1v) is 11.0. The van der Waals surface area contributed by atoms with Crippen molar-refractivity contribution in [1.29, 1.82) is 5.26 Å². The van der Waals surface area contributed by atoms with Gasteiger partial charge in [0.1, 0.15) is 17.4 Å². The molecule has 3 rings (SSSR count). The number of nitriles is 1. The zero-order chi connectivity index (χ0) is 21.3. The Morgan fingerprint density at radius 2 is 2.00 bits per heavy atom. The number of hydrogen-bond acceptors (Lipinski definition) is 5. The number of benzene rings is 2. The topological polar surface area (TPSA) is 78.1 Å². The average molecular weight is 482 g/mol. The lowest BCUT2D eigenvalue weighted by Gasteiger charge is -2.15. The quantitative estimate of drug-likeness (QED) is 0.316. The maximum Gasteiger partial charge on any atom is 0.265 e. The number of thioether (sulfide) groups is 1. The Hall–Kier alpha value is -2.95. The Labute approximate surface area is 188 Å². The highest BCUT2D eigenvalue weighted by molar-refractivity contribution is 9.10. The van der Waals surface area contributed by atoms with Crippen LogP contribution in [0.15, 0.2) is 86.4 Å². The Morgan fingerprint density at radius 3 is 2.70 bits per heavy atom. The molecule has 0 aliphatic rings. The van der Waals surface area contributed by atoms with Crippen LogP contribution in [0.1, 0.15) is 16.9 Å². The lowest BCUT2D eigenvalue weighted by molar-refractivity contribution is -0.117. The van der Waals surface area contributed by atoms with Crippen molar-refractivity contribution in [2.75, 3.05) is 5.32 Å². The molecule has 5 nitrogen and oxygen atoms in total. The summed E-state index contributed by atoms with van der Waals surface area (Å²) in [6.45, 7) is 2.19. The van der Waals surface area contributed by atoms with E-state index in [0.717, 1.165) is 21.3 Å². The molecule has 2 aromatic carbocycles. The number of hydrogen-bond donors (Lipinski definition) is 2. The summed E-state index contributed by atoms with van der Waals surface area (Å²) < 4.78 is 6.23. The van der Waals surface area contributed by atoms with E-state index in [9.17, 15) is 10.1 Å². The third-order valence-electron chi connectivity index (χ3n) is 4.23. The second-order valence-corrected chi connectivity index (χ2v) is 8.34. The molecular formula is C23H20BrN3O2S. The Balaban J connectivity index is 1.85. The van der Waals surface area contributed by atoms with Crippen molar-refractivity contribution in [2.24, 2.45) is 0 Å². The molecule has 1 aromatic heterocycles. The number of para-hydroxylation sites is 1. The van der Waals surface area contributed by atoms with Gasteiger partial charge in [-0.15, -0.1) is 11.8 Å². The molecule has 2 N–H and O–H groups in total.